The van der Waals surface area contributed by atoms with Gasteiger partial charge in [0.1, 0.15) is 0 Å². The first-order valence-corrected chi connectivity index (χ1v) is 5.99. The van der Waals surface area contributed by atoms with E-state index in [2.05, 4.69) is 0 Å². The minimum Gasteiger partial charge on any atom is -0.330 e. The number of unbranched alkanes of at least 4 members (excludes halogenated alkanes) is 3. The van der Waals surface area contributed by atoms with Gasteiger partial charge in [0, 0.05) is 6.42 Å². The molecule has 2 N–H and O–H groups in total. The summed E-state index contributed by atoms with van der Waals surface area (Å²) in [5.74, 6) is 0.285. The van der Waals surface area contributed by atoms with Gasteiger partial charge in [0.05, 0.1) is 4.88 Å². The molecule has 1 aromatic rings. The van der Waals surface area contributed by atoms with E-state index in [4.69, 9.17) is 5.73 Å². The Morgan fingerprint density at radius 2 is 2.07 bits per heavy atom. The highest BCUT2D eigenvalue weighted by molar-refractivity contribution is 7.12. The molecule has 0 bridgehead atoms. The molecule has 0 aliphatic heterocycles. The van der Waals surface area contributed by atoms with Crippen LogP contribution < -0.4 is 5.73 Å². The summed E-state index contributed by atoms with van der Waals surface area (Å²) in [5, 5.41) is 1.95. The lowest BCUT2D eigenvalue weighted by molar-refractivity contribution is 0.0983. The molecule has 0 saturated heterocycles. The molecule has 0 aliphatic rings. The summed E-state index contributed by atoms with van der Waals surface area (Å²) >= 11 is 1.53. The zero-order valence-electron chi connectivity index (χ0n) is 8.37. The summed E-state index contributed by atoms with van der Waals surface area (Å²) < 4.78 is 0. The van der Waals surface area contributed by atoms with Crippen LogP contribution in [0.25, 0.3) is 0 Å². The van der Waals surface area contributed by atoms with Crippen LogP contribution in [0.4, 0.5) is 0 Å². The number of hydrogen-bond donors (Lipinski definition) is 1. The van der Waals surface area contributed by atoms with Crippen molar-refractivity contribution in [3.63, 3.8) is 0 Å². The van der Waals surface area contributed by atoms with Crippen LogP contribution in [-0.2, 0) is 0 Å². The topological polar surface area (TPSA) is 43.1 Å². The highest BCUT2D eigenvalue weighted by atomic mass is 32.1. The van der Waals surface area contributed by atoms with Gasteiger partial charge in [-0.05, 0) is 30.8 Å². The Kier molecular flexibility index (Phi) is 5.49. The minimum absolute atomic E-state index is 0.285. The summed E-state index contributed by atoms with van der Waals surface area (Å²) in [6.45, 7) is 0.763. The van der Waals surface area contributed by atoms with Crippen LogP contribution >= 0.6 is 11.3 Å². The molecule has 0 fully saturated rings. The Morgan fingerprint density at radius 1 is 1.29 bits per heavy atom. The summed E-state index contributed by atoms with van der Waals surface area (Å²) in [5.41, 5.74) is 5.38. The maximum absolute atomic E-state index is 11.5. The summed E-state index contributed by atoms with van der Waals surface area (Å²) in [7, 11) is 0. The van der Waals surface area contributed by atoms with Gasteiger partial charge in [0.25, 0.3) is 0 Å². The van der Waals surface area contributed by atoms with E-state index in [0.29, 0.717) is 6.42 Å². The zero-order chi connectivity index (χ0) is 10.2. The molecule has 14 heavy (non-hydrogen) atoms. The molecule has 78 valence electrons. The predicted octanol–water partition coefficient (Wildman–Crippen LogP) is 2.84. The number of thiophene rings is 1. The number of nitrogens with two attached hydrogens (primary N) is 1. The van der Waals surface area contributed by atoms with Gasteiger partial charge in [-0.1, -0.05) is 18.9 Å². The van der Waals surface area contributed by atoms with Crippen molar-refractivity contribution in [2.45, 2.75) is 32.1 Å². The van der Waals surface area contributed by atoms with Crippen LogP contribution in [0.2, 0.25) is 0 Å². The summed E-state index contributed by atoms with van der Waals surface area (Å²) in [4.78, 5) is 12.4. The second kappa shape index (κ2) is 6.74. The molecule has 1 rings (SSSR count). The van der Waals surface area contributed by atoms with Crippen LogP contribution in [0, 0.1) is 0 Å². The van der Waals surface area contributed by atoms with Gasteiger partial charge >= 0.3 is 0 Å². The van der Waals surface area contributed by atoms with E-state index in [9.17, 15) is 4.79 Å². The van der Waals surface area contributed by atoms with Crippen LogP contribution in [-0.4, -0.2) is 12.3 Å². The fourth-order valence-electron chi connectivity index (χ4n) is 1.34. The first-order chi connectivity index (χ1) is 6.84. The van der Waals surface area contributed by atoms with E-state index in [1.807, 2.05) is 17.5 Å². The molecule has 0 atom stereocenters. The van der Waals surface area contributed by atoms with E-state index in [-0.39, 0.29) is 5.78 Å². The van der Waals surface area contributed by atoms with Gasteiger partial charge in [-0.25, -0.2) is 0 Å². The molecule has 1 heterocycles. The molecule has 0 radical (unpaired) electrons. The average Bonchev–Trinajstić information content (AvgIpc) is 2.70. The van der Waals surface area contributed by atoms with Crippen LogP contribution in [0.5, 0.6) is 0 Å². The van der Waals surface area contributed by atoms with E-state index < -0.39 is 0 Å². The number of rotatable bonds is 7. The fraction of sp³-hybridized carbons (Fsp3) is 0.545. The fourth-order valence-corrected chi connectivity index (χ4v) is 2.04. The Labute approximate surface area is 89.1 Å². The number of carbonyl (C=O) groups is 1. The lowest BCUT2D eigenvalue weighted by atomic mass is 10.1. The Morgan fingerprint density at radius 3 is 2.71 bits per heavy atom. The van der Waals surface area contributed by atoms with Crippen molar-refractivity contribution in [2.75, 3.05) is 6.54 Å². The summed E-state index contributed by atoms with van der Waals surface area (Å²) in [6, 6.07) is 3.82. The monoisotopic (exact) mass is 211 g/mol. The van der Waals surface area contributed by atoms with Crippen molar-refractivity contribution >= 4 is 17.1 Å². The number of ketones is 1. The molecule has 3 heteroatoms. The van der Waals surface area contributed by atoms with Crippen LogP contribution in [0.3, 0.4) is 0 Å². The molecule has 2 nitrogen and oxygen atoms in total. The largest absolute Gasteiger partial charge is 0.330 e. The van der Waals surface area contributed by atoms with Gasteiger partial charge < -0.3 is 5.73 Å². The van der Waals surface area contributed by atoms with Crippen molar-refractivity contribution in [3.05, 3.63) is 22.4 Å². The molecular formula is C11H17NOS. The van der Waals surface area contributed by atoms with E-state index in [0.717, 1.165) is 37.1 Å². The minimum atomic E-state index is 0.285. The lowest BCUT2D eigenvalue weighted by Gasteiger charge is -1.98. The van der Waals surface area contributed by atoms with Crippen molar-refractivity contribution in [2.24, 2.45) is 5.73 Å². The molecule has 0 aliphatic carbocycles. The average molecular weight is 211 g/mol. The third-order valence-electron chi connectivity index (χ3n) is 2.15. The quantitative estimate of drug-likeness (QED) is 0.556. The standard InChI is InChI=1S/C11H17NOS/c12-8-4-2-1-3-6-10(13)11-7-5-9-14-11/h5,7,9H,1-4,6,8,12H2. The second-order valence-electron chi connectivity index (χ2n) is 3.35. The molecular weight excluding hydrogens is 194 g/mol. The maximum Gasteiger partial charge on any atom is 0.172 e. The van der Waals surface area contributed by atoms with Gasteiger partial charge in [-0.2, -0.15) is 0 Å². The van der Waals surface area contributed by atoms with E-state index in [1.165, 1.54) is 11.3 Å². The normalized spacial score (nSPS) is 10.4. The lowest BCUT2D eigenvalue weighted by Crippen LogP contribution is -1.99. The molecule has 0 unspecified atom stereocenters. The number of hydrogen-bond acceptors (Lipinski definition) is 3. The number of Topliss-reactive ketones (excluding diaryl/α,β-unsaturated/α-hetero) is 1. The van der Waals surface area contributed by atoms with E-state index >= 15 is 0 Å². The van der Waals surface area contributed by atoms with Crippen LogP contribution in [0.1, 0.15) is 41.8 Å². The van der Waals surface area contributed by atoms with Gasteiger partial charge in [-0.3, -0.25) is 4.79 Å². The Balaban J connectivity index is 2.10. The Hall–Kier alpha value is -0.670. The highest BCUT2D eigenvalue weighted by Gasteiger charge is 2.05. The maximum atomic E-state index is 11.5. The third kappa shape index (κ3) is 4.03. The van der Waals surface area contributed by atoms with Crippen LogP contribution in [0.15, 0.2) is 17.5 Å². The Bertz CT molecular complexity index is 256. The number of carbonyl (C=O) groups excluding carboxylic acids is 1. The predicted molar refractivity (Wildman–Crippen MR) is 60.8 cm³/mol. The molecule has 1 aromatic heterocycles. The summed E-state index contributed by atoms with van der Waals surface area (Å²) in [6.07, 6.45) is 5.03. The smallest absolute Gasteiger partial charge is 0.172 e. The first-order valence-electron chi connectivity index (χ1n) is 5.11. The zero-order valence-corrected chi connectivity index (χ0v) is 9.19. The molecule has 0 amide bonds. The second-order valence-corrected chi connectivity index (χ2v) is 4.30. The van der Waals surface area contributed by atoms with Crippen molar-refractivity contribution in [3.8, 4) is 0 Å². The van der Waals surface area contributed by atoms with Gasteiger partial charge in [0.2, 0.25) is 0 Å². The van der Waals surface area contributed by atoms with Gasteiger partial charge in [0.15, 0.2) is 5.78 Å². The van der Waals surface area contributed by atoms with Crippen molar-refractivity contribution in [1.29, 1.82) is 0 Å². The van der Waals surface area contributed by atoms with Crippen molar-refractivity contribution < 1.29 is 4.79 Å². The molecule has 0 aromatic carbocycles. The third-order valence-corrected chi connectivity index (χ3v) is 3.06. The molecule has 0 saturated carbocycles. The SMILES string of the molecule is NCCCCCCC(=O)c1cccs1. The highest BCUT2D eigenvalue weighted by Crippen LogP contribution is 2.13. The van der Waals surface area contributed by atoms with Crippen molar-refractivity contribution in [1.82, 2.24) is 0 Å². The molecule has 0 spiro atoms. The first kappa shape index (κ1) is 11.4. The van der Waals surface area contributed by atoms with E-state index in [1.54, 1.807) is 0 Å². The van der Waals surface area contributed by atoms with Gasteiger partial charge in [-0.15, -0.1) is 11.3 Å².